The summed E-state index contributed by atoms with van der Waals surface area (Å²) in [6, 6.07) is 6.56. The zero-order chi connectivity index (χ0) is 18.7. The number of rotatable bonds is 6. The zero-order valence-corrected chi connectivity index (χ0v) is 14.9. The van der Waals surface area contributed by atoms with Gasteiger partial charge in [-0.3, -0.25) is 4.79 Å². The number of hydrogen-bond acceptors (Lipinski definition) is 5. The molecule has 134 valence electrons. The average molecular weight is 338 g/mol. The van der Waals surface area contributed by atoms with Crippen LogP contribution in [-0.4, -0.2) is 36.2 Å². The Kier molecular flexibility index (Phi) is 10.1. The fourth-order valence-electron chi connectivity index (χ4n) is 1.48. The molecule has 0 saturated heterocycles. The first-order valence-electron chi connectivity index (χ1n) is 7.77. The first-order valence-corrected chi connectivity index (χ1v) is 7.77. The third kappa shape index (κ3) is 9.61. The van der Waals surface area contributed by atoms with Crippen molar-refractivity contribution < 1.29 is 29.0 Å². The van der Waals surface area contributed by atoms with Gasteiger partial charge in [-0.05, 0) is 24.0 Å². The molecule has 1 aromatic rings. The Hall–Kier alpha value is -2.37. The third-order valence-corrected chi connectivity index (χ3v) is 2.46. The molecule has 0 heterocycles. The van der Waals surface area contributed by atoms with Gasteiger partial charge in [0.2, 0.25) is 0 Å². The number of ether oxygens (including phenoxy) is 2. The quantitative estimate of drug-likeness (QED) is 0.800. The lowest BCUT2D eigenvalue weighted by molar-refractivity contribution is -0.134. The van der Waals surface area contributed by atoms with Gasteiger partial charge in [0.05, 0.1) is 24.3 Å². The number of hydrogen-bond donors (Lipinski definition) is 1. The van der Waals surface area contributed by atoms with Crippen molar-refractivity contribution in [2.24, 2.45) is 11.8 Å². The molecular formula is C18H26O6. The van der Waals surface area contributed by atoms with Crippen LogP contribution in [0.3, 0.4) is 0 Å². The summed E-state index contributed by atoms with van der Waals surface area (Å²) >= 11 is 0. The van der Waals surface area contributed by atoms with Crippen molar-refractivity contribution in [2.45, 2.75) is 34.6 Å². The van der Waals surface area contributed by atoms with Crippen LogP contribution in [0.25, 0.3) is 0 Å². The predicted octanol–water partition coefficient (Wildman–Crippen LogP) is 3.40. The van der Waals surface area contributed by atoms with Gasteiger partial charge in [-0.2, -0.15) is 0 Å². The van der Waals surface area contributed by atoms with Crippen molar-refractivity contribution in [1.29, 1.82) is 0 Å². The van der Waals surface area contributed by atoms with Crippen molar-refractivity contribution in [3.63, 3.8) is 0 Å². The van der Waals surface area contributed by atoms with Gasteiger partial charge in [0, 0.05) is 6.92 Å². The van der Waals surface area contributed by atoms with E-state index in [4.69, 9.17) is 19.4 Å². The molecule has 1 rings (SSSR count). The Morgan fingerprint density at radius 3 is 1.42 bits per heavy atom. The van der Waals surface area contributed by atoms with Crippen LogP contribution < -0.4 is 0 Å². The summed E-state index contributed by atoms with van der Waals surface area (Å²) in [6.45, 7) is 9.56. The number of aliphatic carboxylic acids is 1. The van der Waals surface area contributed by atoms with Crippen molar-refractivity contribution >= 4 is 17.9 Å². The highest BCUT2D eigenvalue weighted by Gasteiger charge is 2.19. The lowest BCUT2D eigenvalue weighted by Gasteiger charge is -2.11. The maximum absolute atomic E-state index is 12.0. The smallest absolute Gasteiger partial charge is 0.339 e. The van der Waals surface area contributed by atoms with E-state index >= 15 is 0 Å². The van der Waals surface area contributed by atoms with Gasteiger partial charge in [0.25, 0.3) is 5.97 Å². The fourth-order valence-corrected chi connectivity index (χ4v) is 1.48. The lowest BCUT2D eigenvalue weighted by Crippen LogP contribution is -2.17. The average Bonchev–Trinajstić information content (AvgIpc) is 2.49. The predicted molar refractivity (Wildman–Crippen MR) is 90.0 cm³/mol. The van der Waals surface area contributed by atoms with E-state index in [1.54, 1.807) is 24.3 Å². The highest BCUT2D eigenvalue weighted by Crippen LogP contribution is 2.13. The van der Waals surface area contributed by atoms with Crippen LogP contribution in [0, 0.1) is 11.8 Å². The third-order valence-electron chi connectivity index (χ3n) is 2.46. The van der Waals surface area contributed by atoms with Gasteiger partial charge >= 0.3 is 11.9 Å². The molecule has 0 amide bonds. The van der Waals surface area contributed by atoms with E-state index in [0.29, 0.717) is 13.2 Å². The van der Waals surface area contributed by atoms with Crippen molar-refractivity contribution in [3.05, 3.63) is 35.4 Å². The molecule has 0 aliphatic carbocycles. The monoisotopic (exact) mass is 338 g/mol. The number of carbonyl (C=O) groups is 3. The van der Waals surface area contributed by atoms with Crippen LogP contribution in [0.4, 0.5) is 0 Å². The van der Waals surface area contributed by atoms with E-state index in [-0.39, 0.29) is 23.0 Å². The van der Waals surface area contributed by atoms with E-state index in [2.05, 4.69) is 0 Å². The van der Waals surface area contributed by atoms with Crippen LogP contribution in [0.1, 0.15) is 55.3 Å². The molecule has 0 aliphatic heterocycles. The van der Waals surface area contributed by atoms with E-state index in [1.807, 2.05) is 27.7 Å². The Morgan fingerprint density at radius 1 is 0.875 bits per heavy atom. The maximum atomic E-state index is 12.0. The molecule has 0 spiro atoms. The number of esters is 2. The highest BCUT2D eigenvalue weighted by molar-refractivity contribution is 6.03. The molecule has 0 radical (unpaired) electrons. The molecule has 0 aromatic heterocycles. The van der Waals surface area contributed by atoms with E-state index in [0.717, 1.165) is 6.92 Å². The van der Waals surface area contributed by atoms with E-state index in [1.165, 1.54) is 0 Å². The number of carboxylic acid groups (broad SMARTS) is 1. The first kappa shape index (κ1) is 21.6. The SMILES string of the molecule is CC(=O)O.CC(C)COC(=O)c1ccccc1C(=O)OCC(C)C. The molecule has 24 heavy (non-hydrogen) atoms. The Bertz CT molecular complexity index is 501. The summed E-state index contributed by atoms with van der Waals surface area (Å²) in [5.41, 5.74) is 0.504. The second kappa shape index (κ2) is 11.2. The van der Waals surface area contributed by atoms with Gasteiger partial charge in [-0.25, -0.2) is 9.59 Å². The number of benzene rings is 1. The zero-order valence-electron chi connectivity index (χ0n) is 14.9. The standard InChI is InChI=1S/C16H22O4.C2H4O2/c1-11(2)9-19-15(17)13-7-5-6-8-14(13)16(18)20-10-12(3)4;1-2(3)4/h5-8,11-12H,9-10H2,1-4H3;1H3,(H,3,4). The highest BCUT2D eigenvalue weighted by atomic mass is 16.5. The molecule has 1 aromatic carbocycles. The molecule has 0 unspecified atom stereocenters. The molecule has 0 fully saturated rings. The van der Waals surface area contributed by atoms with Crippen LogP contribution in [0.5, 0.6) is 0 Å². The summed E-state index contributed by atoms with van der Waals surface area (Å²) in [7, 11) is 0. The molecule has 6 heteroatoms. The summed E-state index contributed by atoms with van der Waals surface area (Å²) in [5.74, 6) is -1.32. The second-order valence-corrected chi connectivity index (χ2v) is 6.05. The largest absolute Gasteiger partial charge is 0.481 e. The molecule has 0 saturated carbocycles. The van der Waals surface area contributed by atoms with Crippen LogP contribution in [-0.2, 0) is 14.3 Å². The minimum atomic E-state index is -0.833. The number of carboxylic acids is 1. The fraction of sp³-hybridized carbons (Fsp3) is 0.500. The van der Waals surface area contributed by atoms with Crippen LogP contribution in [0.15, 0.2) is 24.3 Å². The Balaban J connectivity index is 0.00000118. The van der Waals surface area contributed by atoms with Crippen LogP contribution in [0.2, 0.25) is 0 Å². The summed E-state index contributed by atoms with van der Waals surface area (Å²) in [4.78, 5) is 33.0. The minimum absolute atomic E-state index is 0.249. The summed E-state index contributed by atoms with van der Waals surface area (Å²) < 4.78 is 10.3. The van der Waals surface area contributed by atoms with Gasteiger partial charge in [-0.15, -0.1) is 0 Å². The van der Waals surface area contributed by atoms with Crippen molar-refractivity contribution in [3.8, 4) is 0 Å². The number of carbonyl (C=O) groups excluding carboxylic acids is 2. The summed E-state index contributed by atoms with van der Waals surface area (Å²) in [5, 5.41) is 7.42. The van der Waals surface area contributed by atoms with Gasteiger partial charge < -0.3 is 14.6 Å². The van der Waals surface area contributed by atoms with Crippen molar-refractivity contribution in [1.82, 2.24) is 0 Å². The van der Waals surface area contributed by atoms with Crippen molar-refractivity contribution in [2.75, 3.05) is 13.2 Å². The molecule has 0 atom stereocenters. The van der Waals surface area contributed by atoms with E-state index < -0.39 is 17.9 Å². The van der Waals surface area contributed by atoms with Gasteiger partial charge in [0.1, 0.15) is 0 Å². The summed E-state index contributed by atoms with van der Waals surface area (Å²) in [6.07, 6.45) is 0. The Morgan fingerprint density at radius 2 is 1.17 bits per heavy atom. The minimum Gasteiger partial charge on any atom is -0.481 e. The normalized spacial score (nSPS) is 9.96. The second-order valence-electron chi connectivity index (χ2n) is 6.05. The Labute approximate surface area is 142 Å². The van der Waals surface area contributed by atoms with Gasteiger partial charge in [-0.1, -0.05) is 39.8 Å². The van der Waals surface area contributed by atoms with Gasteiger partial charge in [0.15, 0.2) is 0 Å². The molecule has 0 bridgehead atoms. The first-order chi connectivity index (χ1) is 11.1. The topological polar surface area (TPSA) is 89.9 Å². The van der Waals surface area contributed by atoms with Crippen LogP contribution >= 0.6 is 0 Å². The molecule has 6 nitrogen and oxygen atoms in total. The molecule has 1 N–H and O–H groups in total. The lowest BCUT2D eigenvalue weighted by atomic mass is 10.1. The molecule has 0 aliphatic rings. The van der Waals surface area contributed by atoms with E-state index in [9.17, 15) is 9.59 Å². The molecular weight excluding hydrogens is 312 g/mol. The maximum Gasteiger partial charge on any atom is 0.339 e.